The Morgan fingerprint density at radius 2 is 1.73 bits per heavy atom. The molecular weight excluding hydrogens is 410 g/mol. The Kier molecular flexibility index (Phi) is 5.57. The molecule has 2 bridgehead atoms. The van der Waals surface area contributed by atoms with Crippen molar-refractivity contribution in [2.45, 2.75) is 76.0 Å². The van der Waals surface area contributed by atoms with Crippen molar-refractivity contribution in [3.63, 3.8) is 0 Å². The zero-order chi connectivity index (χ0) is 22.2. The predicted molar refractivity (Wildman–Crippen MR) is 129 cm³/mol. The third-order valence-electron chi connectivity index (χ3n) is 8.05. The minimum Gasteiger partial charge on any atom is -0.474 e. The van der Waals surface area contributed by atoms with Crippen molar-refractivity contribution >= 4 is 11.6 Å². The Bertz CT molecular complexity index is 1010. The second-order valence-corrected chi connectivity index (χ2v) is 10.1. The molecule has 5 heteroatoms. The summed E-state index contributed by atoms with van der Waals surface area (Å²) in [4.78, 5) is 22.3. The van der Waals surface area contributed by atoms with E-state index in [-0.39, 0.29) is 12.0 Å². The zero-order valence-corrected chi connectivity index (χ0v) is 19.2. The number of anilines is 1. The molecule has 1 aliphatic carbocycles. The number of ether oxygens (including phenoxy) is 1. The predicted octanol–water partition coefficient (Wildman–Crippen LogP) is 5.58. The topological polar surface area (TPSA) is 45.7 Å². The number of hydrogen-bond donors (Lipinski definition) is 0. The highest BCUT2D eigenvalue weighted by molar-refractivity contribution is 5.95. The summed E-state index contributed by atoms with van der Waals surface area (Å²) >= 11 is 0. The summed E-state index contributed by atoms with van der Waals surface area (Å²) in [7, 11) is 0. The van der Waals surface area contributed by atoms with E-state index in [1.54, 1.807) is 6.20 Å². The van der Waals surface area contributed by atoms with Gasteiger partial charge < -0.3 is 14.5 Å². The van der Waals surface area contributed by atoms with Gasteiger partial charge in [-0.3, -0.25) is 4.79 Å². The van der Waals surface area contributed by atoms with E-state index in [1.807, 2.05) is 30.3 Å². The highest BCUT2D eigenvalue weighted by Gasteiger charge is 2.42. The van der Waals surface area contributed by atoms with Crippen LogP contribution >= 0.6 is 0 Å². The molecule has 1 amide bonds. The van der Waals surface area contributed by atoms with Crippen molar-refractivity contribution in [2.24, 2.45) is 5.92 Å². The minimum absolute atomic E-state index is 0.171. The van der Waals surface area contributed by atoms with E-state index < -0.39 is 0 Å². The molecule has 0 radical (unpaired) electrons. The SMILES string of the molecule is O=C(c1ccc(N2[C@@H]3CC[C@@H]2CC(Oc2ccccn2)C3)cc1)N1CCCC2CCCC=C21. The smallest absolute Gasteiger partial charge is 0.258 e. The Hall–Kier alpha value is -2.82. The number of rotatable bonds is 4. The van der Waals surface area contributed by atoms with E-state index in [2.05, 4.69) is 33.0 Å². The summed E-state index contributed by atoms with van der Waals surface area (Å²) < 4.78 is 6.19. The van der Waals surface area contributed by atoms with Crippen LogP contribution in [0.5, 0.6) is 5.88 Å². The molecule has 0 N–H and O–H groups in total. The van der Waals surface area contributed by atoms with Gasteiger partial charge >= 0.3 is 0 Å². The maximum absolute atomic E-state index is 13.3. The fourth-order valence-electron chi connectivity index (χ4n) is 6.56. The number of fused-ring (bicyclic) bond motifs is 3. The number of likely N-dealkylation sites (tertiary alicyclic amines) is 1. The molecule has 2 aromatic rings. The number of benzene rings is 1. The van der Waals surface area contributed by atoms with Crippen LogP contribution in [-0.4, -0.2) is 40.5 Å². The molecule has 33 heavy (non-hydrogen) atoms. The molecule has 5 nitrogen and oxygen atoms in total. The van der Waals surface area contributed by atoms with Crippen molar-refractivity contribution in [1.29, 1.82) is 0 Å². The van der Waals surface area contributed by atoms with Crippen molar-refractivity contribution < 1.29 is 9.53 Å². The zero-order valence-electron chi connectivity index (χ0n) is 19.2. The summed E-state index contributed by atoms with van der Waals surface area (Å²) in [5.74, 6) is 1.48. The number of piperidine rings is 2. The van der Waals surface area contributed by atoms with Gasteiger partial charge in [-0.25, -0.2) is 4.98 Å². The van der Waals surface area contributed by atoms with Gasteiger partial charge in [0.05, 0.1) is 0 Å². The van der Waals surface area contributed by atoms with Crippen LogP contribution in [0.2, 0.25) is 0 Å². The second kappa shape index (κ2) is 8.85. The maximum Gasteiger partial charge on any atom is 0.258 e. The van der Waals surface area contributed by atoms with E-state index in [4.69, 9.17) is 4.74 Å². The van der Waals surface area contributed by atoms with Crippen LogP contribution in [0, 0.1) is 5.92 Å². The van der Waals surface area contributed by atoms with Crippen LogP contribution in [0.25, 0.3) is 0 Å². The van der Waals surface area contributed by atoms with Crippen LogP contribution in [0.3, 0.4) is 0 Å². The average molecular weight is 444 g/mol. The standard InChI is InChI=1S/C28H33N3O2/c32-28(30-17-5-7-20-6-1-2-8-26(20)30)21-10-12-22(13-11-21)31-23-14-15-24(31)19-25(18-23)33-27-9-3-4-16-29-27/h3-4,8-13,16,20,23-25H,1-2,5-7,14-15,17-19H2/t20?,23-,24-/m1/s1. The monoisotopic (exact) mass is 443 g/mol. The molecule has 3 saturated heterocycles. The van der Waals surface area contributed by atoms with Crippen LogP contribution in [0.4, 0.5) is 5.69 Å². The lowest BCUT2D eigenvalue weighted by Gasteiger charge is -2.40. The van der Waals surface area contributed by atoms with E-state index >= 15 is 0 Å². The molecule has 4 aliphatic rings. The van der Waals surface area contributed by atoms with Crippen molar-refractivity contribution in [1.82, 2.24) is 9.88 Å². The van der Waals surface area contributed by atoms with Crippen LogP contribution < -0.4 is 9.64 Å². The number of nitrogens with zero attached hydrogens (tertiary/aromatic N) is 3. The number of aromatic nitrogens is 1. The Labute approximate surface area is 196 Å². The third-order valence-corrected chi connectivity index (χ3v) is 8.05. The summed E-state index contributed by atoms with van der Waals surface area (Å²) in [6, 6.07) is 15.2. The molecule has 3 aliphatic heterocycles. The van der Waals surface area contributed by atoms with Crippen molar-refractivity contribution in [2.75, 3.05) is 11.4 Å². The first-order chi connectivity index (χ1) is 16.3. The van der Waals surface area contributed by atoms with E-state index in [1.165, 1.54) is 43.5 Å². The van der Waals surface area contributed by atoms with Crippen molar-refractivity contribution in [3.8, 4) is 5.88 Å². The molecule has 3 fully saturated rings. The number of carbonyl (C=O) groups excluding carboxylic acids is 1. The first kappa shape index (κ1) is 20.8. The number of pyridine rings is 1. The van der Waals surface area contributed by atoms with Crippen molar-refractivity contribution in [3.05, 3.63) is 66.0 Å². The molecule has 4 heterocycles. The molecular formula is C28H33N3O2. The summed E-state index contributed by atoms with van der Waals surface area (Å²) in [6.07, 6.45) is 14.7. The molecule has 172 valence electrons. The Morgan fingerprint density at radius 1 is 0.939 bits per heavy atom. The number of allylic oxidation sites excluding steroid dienone is 2. The van der Waals surface area contributed by atoms with Gasteiger partial charge in [0.25, 0.3) is 5.91 Å². The number of amides is 1. The minimum atomic E-state index is 0.171. The molecule has 1 aromatic carbocycles. The highest BCUT2D eigenvalue weighted by Crippen LogP contribution is 2.41. The van der Waals surface area contributed by atoms with Crippen LogP contribution in [-0.2, 0) is 0 Å². The van der Waals surface area contributed by atoms with E-state index in [9.17, 15) is 4.79 Å². The van der Waals surface area contributed by atoms with Gasteiger partial charge in [-0.15, -0.1) is 0 Å². The van der Waals surface area contributed by atoms with Crippen LogP contribution in [0.15, 0.2) is 60.4 Å². The molecule has 3 atom stereocenters. The summed E-state index contributed by atoms with van der Waals surface area (Å²) in [6.45, 7) is 0.858. The van der Waals surface area contributed by atoms with E-state index in [0.29, 0.717) is 18.0 Å². The molecule has 0 spiro atoms. The first-order valence-corrected chi connectivity index (χ1v) is 12.7. The molecule has 1 unspecified atom stereocenters. The Balaban J connectivity index is 1.14. The summed E-state index contributed by atoms with van der Waals surface area (Å²) in [5, 5.41) is 0. The lowest BCUT2D eigenvalue weighted by atomic mass is 9.84. The van der Waals surface area contributed by atoms with Gasteiger partial charge in [-0.1, -0.05) is 12.1 Å². The lowest BCUT2D eigenvalue weighted by molar-refractivity contribution is 0.0749. The number of carbonyl (C=O) groups is 1. The largest absolute Gasteiger partial charge is 0.474 e. The number of hydrogen-bond acceptors (Lipinski definition) is 4. The van der Waals surface area contributed by atoms with Gasteiger partial charge in [-0.05, 0) is 81.2 Å². The maximum atomic E-state index is 13.3. The fourth-order valence-corrected chi connectivity index (χ4v) is 6.56. The normalized spacial score (nSPS) is 28.8. The quantitative estimate of drug-likeness (QED) is 0.619. The summed E-state index contributed by atoms with van der Waals surface area (Å²) in [5.41, 5.74) is 3.34. The second-order valence-electron chi connectivity index (χ2n) is 10.1. The van der Waals surface area contributed by atoms with E-state index in [0.717, 1.165) is 43.7 Å². The fraction of sp³-hybridized carbons (Fsp3) is 0.500. The van der Waals surface area contributed by atoms with Gasteiger partial charge in [0, 0.05) is 60.7 Å². The molecule has 0 saturated carbocycles. The first-order valence-electron chi connectivity index (χ1n) is 12.7. The average Bonchev–Trinajstić information content (AvgIpc) is 3.14. The van der Waals surface area contributed by atoms with Gasteiger partial charge in [0.1, 0.15) is 6.10 Å². The van der Waals surface area contributed by atoms with Crippen LogP contribution in [0.1, 0.15) is 68.1 Å². The third kappa shape index (κ3) is 4.03. The Morgan fingerprint density at radius 3 is 2.48 bits per heavy atom. The van der Waals surface area contributed by atoms with Gasteiger partial charge in [-0.2, -0.15) is 0 Å². The van der Waals surface area contributed by atoms with Gasteiger partial charge in [0.15, 0.2) is 0 Å². The lowest BCUT2D eigenvalue weighted by Crippen LogP contribution is -2.46. The van der Waals surface area contributed by atoms with Gasteiger partial charge in [0.2, 0.25) is 5.88 Å². The molecule has 6 rings (SSSR count). The molecule has 1 aromatic heterocycles. The highest BCUT2D eigenvalue weighted by atomic mass is 16.5.